The van der Waals surface area contributed by atoms with Crippen molar-refractivity contribution in [3.63, 3.8) is 0 Å². The first kappa shape index (κ1) is 11.5. The fraction of sp³-hybridized carbons (Fsp3) is 0.900. The fourth-order valence-corrected chi connectivity index (χ4v) is 1.99. The molecule has 1 saturated heterocycles. The lowest BCUT2D eigenvalue weighted by molar-refractivity contribution is -0.143. The van der Waals surface area contributed by atoms with Crippen molar-refractivity contribution in [3.8, 4) is 0 Å². The molecule has 3 N–H and O–H groups in total. The molecule has 82 valence electrons. The topological polar surface area (TPSA) is 66.6 Å². The minimum atomic E-state index is -0.732. The van der Waals surface area contributed by atoms with E-state index >= 15 is 0 Å². The van der Waals surface area contributed by atoms with Gasteiger partial charge in [0, 0.05) is 6.04 Å². The molecule has 0 spiro atoms. The van der Waals surface area contributed by atoms with Gasteiger partial charge in [-0.25, -0.2) is 0 Å². The third kappa shape index (κ3) is 2.69. The molecule has 2 unspecified atom stereocenters. The number of nitrogens with two attached hydrogens (primary N) is 1. The number of carbonyl (C=O) groups is 1. The quantitative estimate of drug-likeness (QED) is 0.697. The highest BCUT2D eigenvalue weighted by atomic mass is 16.4. The molecule has 1 rings (SSSR count). The van der Waals surface area contributed by atoms with Crippen molar-refractivity contribution in [2.75, 3.05) is 13.1 Å². The van der Waals surface area contributed by atoms with Gasteiger partial charge in [0.25, 0.3) is 0 Å². The van der Waals surface area contributed by atoms with Gasteiger partial charge in [-0.2, -0.15) is 0 Å². The molecule has 0 aromatic rings. The van der Waals surface area contributed by atoms with Gasteiger partial charge in [0.2, 0.25) is 0 Å². The molecule has 1 heterocycles. The Morgan fingerprint density at radius 3 is 2.29 bits per heavy atom. The molecule has 0 aliphatic carbocycles. The van der Waals surface area contributed by atoms with Crippen molar-refractivity contribution >= 4 is 5.97 Å². The van der Waals surface area contributed by atoms with Crippen LogP contribution in [0.5, 0.6) is 0 Å². The van der Waals surface area contributed by atoms with Gasteiger partial charge < -0.3 is 10.8 Å². The van der Waals surface area contributed by atoms with Crippen LogP contribution in [-0.4, -0.2) is 41.1 Å². The molecular weight excluding hydrogens is 180 g/mol. The summed E-state index contributed by atoms with van der Waals surface area (Å²) in [6.07, 6.45) is 2.05. The SMILES string of the molecule is CC(N)C1CCN(C(C)C(=O)O)CC1. The van der Waals surface area contributed by atoms with E-state index in [-0.39, 0.29) is 12.1 Å². The number of hydrogen-bond acceptors (Lipinski definition) is 3. The Morgan fingerprint density at radius 1 is 1.43 bits per heavy atom. The molecule has 2 atom stereocenters. The summed E-state index contributed by atoms with van der Waals surface area (Å²) in [6.45, 7) is 5.49. The van der Waals surface area contributed by atoms with E-state index in [1.807, 2.05) is 11.8 Å². The number of carboxylic acid groups (broad SMARTS) is 1. The fourth-order valence-electron chi connectivity index (χ4n) is 1.99. The van der Waals surface area contributed by atoms with E-state index in [2.05, 4.69) is 0 Å². The van der Waals surface area contributed by atoms with Crippen molar-refractivity contribution in [2.24, 2.45) is 11.7 Å². The predicted molar refractivity (Wildman–Crippen MR) is 55.0 cm³/mol. The van der Waals surface area contributed by atoms with Crippen LogP contribution in [0.15, 0.2) is 0 Å². The zero-order valence-electron chi connectivity index (χ0n) is 8.94. The summed E-state index contributed by atoms with van der Waals surface area (Å²) in [6, 6.07) is -0.124. The predicted octanol–water partition coefficient (Wildman–Crippen LogP) is 0.519. The number of hydrogen-bond donors (Lipinski definition) is 2. The second-order valence-electron chi connectivity index (χ2n) is 4.25. The molecule has 0 aromatic heterocycles. The minimum Gasteiger partial charge on any atom is -0.480 e. The lowest BCUT2D eigenvalue weighted by Gasteiger charge is -2.35. The van der Waals surface area contributed by atoms with Gasteiger partial charge in [0.05, 0.1) is 0 Å². The molecule has 1 fully saturated rings. The Bertz CT molecular complexity index is 198. The molecule has 14 heavy (non-hydrogen) atoms. The molecule has 0 saturated carbocycles. The normalized spacial score (nSPS) is 24.5. The van der Waals surface area contributed by atoms with Crippen molar-refractivity contribution in [1.82, 2.24) is 4.90 Å². The van der Waals surface area contributed by atoms with E-state index in [1.165, 1.54) is 0 Å². The summed E-state index contributed by atoms with van der Waals surface area (Å²) in [5, 5.41) is 8.84. The van der Waals surface area contributed by atoms with Gasteiger partial charge in [0.15, 0.2) is 0 Å². The average Bonchev–Trinajstić information content (AvgIpc) is 2.16. The van der Waals surface area contributed by atoms with Gasteiger partial charge in [-0.15, -0.1) is 0 Å². The van der Waals surface area contributed by atoms with Gasteiger partial charge in [0.1, 0.15) is 6.04 Å². The number of nitrogens with zero attached hydrogens (tertiary/aromatic N) is 1. The van der Waals surface area contributed by atoms with Crippen LogP contribution in [0.4, 0.5) is 0 Å². The molecule has 4 nitrogen and oxygen atoms in total. The third-order valence-corrected chi connectivity index (χ3v) is 3.22. The summed E-state index contributed by atoms with van der Waals surface area (Å²) >= 11 is 0. The highest BCUT2D eigenvalue weighted by Gasteiger charge is 2.27. The molecule has 1 aliphatic heterocycles. The lowest BCUT2D eigenvalue weighted by Crippen LogP contribution is -2.46. The van der Waals surface area contributed by atoms with Crippen molar-refractivity contribution in [2.45, 2.75) is 38.8 Å². The zero-order valence-corrected chi connectivity index (χ0v) is 8.94. The molecular formula is C10H20N2O2. The van der Waals surface area contributed by atoms with Gasteiger partial charge in [-0.05, 0) is 45.7 Å². The van der Waals surface area contributed by atoms with E-state index < -0.39 is 5.97 Å². The maximum absolute atomic E-state index is 10.7. The van der Waals surface area contributed by atoms with Crippen LogP contribution in [0.25, 0.3) is 0 Å². The molecule has 0 radical (unpaired) electrons. The maximum Gasteiger partial charge on any atom is 0.320 e. The van der Waals surface area contributed by atoms with Crippen molar-refractivity contribution in [3.05, 3.63) is 0 Å². The highest BCUT2D eigenvalue weighted by molar-refractivity contribution is 5.72. The van der Waals surface area contributed by atoms with Gasteiger partial charge in [-0.1, -0.05) is 0 Å². The molecule has 0 aromatic carbocycles. The van der Waals surface area contributed by atoms with E-state index in [0.29, 0.717) is 5.92 Å². The Balaban J connectivity index is 2.39. The van der Waals surface area contributed by atoms with E-state index in [1.54, 1.807) is 6.92 Å². The lowest BCUT2D eigenvalue weighted by atomic mass is 9.90. The Morgan fingerprint density at radius 2 is 1.93 bits per heavy atom. The minimum absolute atomic E-state index is 0.234. The summed E-state index contributed by atoms with van der Waals surface area (Å²) in [5.74, 6) is -0.170. The Hall–Kier alpha value is -0.610. The van der Waals surface area contributed by atoms with E-state index in [0.717, 1.165) is 25.9 Å². The van der Waals surface area contributed by atoms with Crippen molar-refractivity contribution < 1.29 is 9.90 Å². The molecule has 0 amide bonds. The first-order valence-electron chi connectivity index (χ1n) is 5.24. The Labute approximate surface area is 85.1 Å². The third-order valence-electron chi connectivity index (χ3n) is 3.22. The largest absolute Gasteiger partial charge is 0.480 e. The van der Waals surface area contributed by atoms with Crippen LogP contribution in [0, 0.1) is 5.92 Å². The molecule has 1 aliphatic rings. The number of piperidine rings is 1. The monoisotopic (exact) mass is 200 g/mol. The van der Waals surface area contributed by atoms with Gasteiger partial charge in [-0.3, -0.25) is 9.69 Å². The number of carboxylic acids is 1. The van der Waals surface area contributed by atoms with Crippen molar-refractivity contribution in [1.29, 1.82) is 0 Å². The first-order chi connectivity index (χ1) is 6.52. The standard InChI is InChI=1S/C10H20N2O2/c1-7(11)9-3-5-12(6-4-9)8(2)10(13)14/h7-9H,3-6,11H2,1-2H3,(H,13,14). The number of aliphatic carboxylic acids is 1. The second kappa shape index (κ2) is 4.75. The average molecular weight is 200 g/mol. The Kier molecular flexibility index (Phi) is 3.89. The van der Waals surface area contributed by atoms with E-state index in [9.17, 15) is 4.79 Å². The highest BCUT2D eigenvalue weighted by Crippen LogP contribution is 2.20. The van der Waals surface area contributed by atoms with Crippen LogP contribution in [0.1, 0.15) is 26.7 Å². The van der Waals surface area contributed by atoms with Crippen LogP contribution in [0.2, 0.25) is 0 Å². The summed E-state index contributed by atoms with van der Waals surface area (Å²) in [7, 11) is 0. The van der Waals surface area contributed by atoms with Crippen LogP contribution >= 0.6 is 0 Å². The van der Waals surface area contributed by atoms with Crippen LogP contribution < -0.4 is 5.73 Å². The summed E-state index contributed by atoms with van der Waals surface area (Å²) in [5.41, 5.74) is 5.81. The summed E-state index contributed by atoms with van der Waals surface area (Å²) < 4.78 is 0. The number of rotatable bonds is 3. The first-order valence-corrected chi connectivity index (χ1v) is 5.24. The summed E-state index contributed by atoms with van der Waals surface area (Å²) in [4.78, 5) is 12.8. The zero-order chi connectivity index (χ0) is 10.7. The number of likely N-dealkylation sites (tertiary alicyclic amines) is 1. The molecule has 0 bridgehead atoms. The van der Waals surface area contributed by atoms with Crippen LogP contribution in [-0.2, 0) is 4.79 Å². The smallest absolute Gasteiger partial charge is 0.320 e. The second-order valence-corrected chi connectivity index (χ2v) is 4.25. The van der Waals surface area contributed by atoms with Gasteiger partial charge >= 0.3 is 5.97 Å². The molecule has 4 heteroatoms. The maximum atomic E-state index is 10.7. The van der Waals surface area contributed by atoms with E-state index in [4.69, 9.17) is 10.8 Å². The van der Waals surface area contributed by atoms with Crippen LogP contribution in [0.3, 0.4) is 0 Å².